The van der Waals surface area contributed by atoms with Crippen molar-refractivity contribution >= 4 is 5.69 Å². The van der Waals surface area contributed by atoms with E-state index >= 15 is 0 Å². The van der Waals surface area contributed by atoms with Gasteiger partial charge in [-0.05, 0) is 43.0 Å². The van der Waals surface area contributed by atoms with Crippen LogP contribution in [-0.2, 0) is 13.0 Å². The number of anilines is 1. The molecule has 1 N–H and O–H groups in total. The predicted molar refractivity (Wildman–Crippen MR) is 76.6 cm³/mol. The molecule has 1 aromatic carbocycles. The van der Waals surface area contributed by atoms with E-state index < -0.39 is 0 Å². The number of rotatable bonds is 3. The number of ether oxygens (including phenoxy) is 1. The van der Waals surface area contributed by atoms with Gasteiger partial charge in [0.15, 0.2) is 0 Å². The van der Waals surface area contributed by atoms with E-state index in [4.69, 9.17) is 4.74 Å². The predicted octanol–water partition coefficient (Wildman–Crippen LogP) is 3.33. The van der Waals surface area contributed by atoms with E-state index in [-0.39, 0.29) is 0 Å². The van der Waals surface area contributed by atoms with Crippen LogP contribution in [0, 0.1) is 6.92 Å². The van der Waals surface area contributed by atoms with Gasteiger partial charge in [0.2, 0.25) is 0 Å². The molecule has 2 heterocycles. The topological polar surface area (TPSA) is 34.1 Å². The van der Waals surface area contributed by atoms with Gasteiger partial charge in [-0.1, -0.05) is 12.1 Å². The van der Waals surface area contributed by atoms with Crippen molar-refractivity contribution in [1.29, 1.82) is 0 Å². The highest BCUT2D eigenvalue weighted by Crippen LogP contribution is 2.32. The number of pyridine rings is 1. The summed E-state index contributed by atoms with van der Waals surface area (Å²) in [7, 11) is 0. The Kier molecular flexibility index (Phi) is 3.36. The van der Waals surface area contributed by atoms with Crippen LogP contribution in [0.5, 0.6) is 5.75 Å². The van der Waals surface area contributed by atoms with Gasteiger partial charge in [0.25, 0.3) is 0 Å². The highest BCUT2D eigenvalue weighted by Gasteiger charge is 2.13. The maximum Gasteiger partial charge on any atom is 0.143 e. The summed E-state index contributed by atoms with van der Waals surface area (Å²) in [6, 6.07) is 8.37. The minimum absolute atomic E-state index is 0.562. The number of aromatic nitrogens is 1. The Bertz CT molecular complexity index is 581. The summed E-state index contributed by atoms with van der Waals surface area (Å²) in [6.45, 7) is 3.63. The fraction of sp³-hybridized carbons (Fsp3) is 0.312. The zero-order chi connectivity index (χ0) is 13.1. The van der Waals surface area contributed by atoms with Crippen LogP contribution >= 0.6 is 0 Å². The molecular weight excluding hydrogens is 236 g/mol. The lowest BCUT2D eigenvalue weighted by Gasteiger charge is -2.21. The third-order valence-corrected chi connectivity index (χ3v) is 3.36. The second-order valence-corrected chi connectivity index (χ2v) is 4.98. The molecule has 2 aromatic rings. The maximum absolute atomic E-state index is 5.94. The van der Waals surface area contributed by atoms with Gasteiger partial charge in [-0.3, -0.25) is 4.98 Å². The van der Waals surface area contributed by atoms with Crippen molar-refractivity contribution in [2.75, 3.05) is 11.9 Å². The molecule has 0 unspecified atom stereocenters. The maximum atomic E-state index is 5.94. The normalized spacial score (nSPS) is 13.5. The second kappa shape index (κ2) is 5.31. The molecule has 3 heteroatoms. The molecule has 0 spiro atoms. The van der Waals surface area contributed by atoms with Gasteiger partial charge in [-0.25, -0.2) is 0 Å². The van der Waals surface area contributed by atoms with Gasteiger partial charge in [0.1, 0.15) is 12.4 Å². The van der Waals surface area contributed by atoms with Crippen LogP contribution in [0.1, 0.15) is 23.1 Å². The lowest BCUT2D eigenvalue weighted by atomic mass is 10.0. The van der Waals surface area contributed by atoms with E-state index in [2.05, 4.69) is 28.5 Å². The van der Waals surface area contributed by atoms with E-state index in [1.807, 2.05) is 25.4 Å². The Labute approximate surface area is 113 Å². The molecule has 0 radical (unpaired) electrons. The molecule has 3 rings (SSSR count). The van der Waals surface area contributed by atoms with Crippen LogP contribution in [0.15, 0.2) is 36.7 Å². The fourth-order valence-electron chi connectivity index (χ4n) is 2.46. The fourth-order valence-corrected chi connectivity index (χ4v) is 2.46. The van der Waals surface area contributed by atoms with E-state index in [0.717, 1.165) is 35.5 Å². The van der Waals surface area contributed by atoms with E-state index in [1.54, 1.807) is 0 Å². The van der Waals surface area contributed by atoms with Gasteiger partial charge in [-0.2, -0.15) is 0 Å². The Morgan fingerprint density at radius 1 is 1.32 bits per heavy atom. The first-order valence-electron chi connectivity index (χ1n) is 6.72. The first kappa shape index (κ1) is 12.0. The third kappa shape index (κ3) is 2.70. The van der Waals surface area contributed by atoms with E-state index in [1.165, 1.54) is 12.0 Å². The Morgan fingerprint density at radius 3 is 3.16 bits per heavy atom. The largest absolute Gasteiger partial charge is 0.487 e. The number of aryl methyl sites for hydroxylation is 2. The molecule has 1 aliphatic rings. The zero-order valence-corrected chi connectivity index (χ0v) is 11.1. The Hall–Kier alpha value is -2.03. The van der Waals surface area contributed by atoms with Crippen LogP contribution in [0.25, 0.3) is 0 Å². The molecule has 3 nitrogen and oxygen atoms in total. The van der Waals surface area contributed by atoms with Crippen molar-refractivity contribution < 1.29 is 4.74 Å². The minimum Gasteiger partial charge on any atom is -0.487 e. The minimum atomic E-state index is 0.562. The van der Waals surface area contributed by atoms with Gasteiger partial charge >= 0.3 is 0 Å². The van der Waals surface area contributed by atoms with Gasteiger partial charge < -0.3 is 10.1 Å². The van der Waals surface area contributed by atoms with Crippen LogP contribution in [0.3, 0.4) is 0 Å². The molecule has 0 saturated heterocycles. The Morgan fingerprint density at radius 2 is 2.26 bits per heavy atom. The summed E-state index contributed by atoms with van der Waals surface area (Å²) in [4.78, 5) is 4.19. The highest BCUT2D eigenvalue weighted by molar-refractivity contribution is 5.63. The lowest BCUT2D eigenvalue weighted by molar-refractivity contribution is 0.306. The number of fused-ring (bicyclic) bond motifs is 1. The number of benzene rings is 1. The van der Waals surface area contributed by atoms with Crippen molar-refractivity contribution in [2.24, 2.45) is 0 Å². The average molecular weight is 254 g/mol. The van der Waals surface area contributed by atoms with Gasteiger partial charge in [0.05, 0.1) is 5.69 Å². The molecule has 0 atom stereocenters. The van der Waals surface area contributed by atoms with Crippen molar-refractivity contribution in [3.63, 3.8) is 0 Å². The summed E-state index contributed by atoms with van der Waals surface area (Å²) < 4.78 is 5.94. The molecular formula is C16H18N2O. The number of nitrogens with one attached hydrogen (secondary N) is 1. The van der Waals surface area contributed by atoms with Crippen molar-refractivity contribution in [3.8, 4) is 5.75 Å². The zero-order valence-electron chi connectivity index (χ0n) is 11.1. The van der Waals surface area contributed by atoms with Gasteiger partial charge in [-0.15, -0.1) is 0 Å². The Balaban J connectivity index is 1.77. The summed E-state index contributed by atoms with van der Waals surface area (Å²) >= 11 is 0. The molecule has 1 aliphatic heterocycles. The standard InChI is InChI=1S/C16H18N2O/c1-12-8-13(10-17-9-12)11-19-15-6-2-4-14-5-3-7-18-16(14)15/h2,4,6,8-10,18H,3,5,7,11H2,1H3. The second-order valence-electron chi connectivity index (χ2n) is 4.98. The van der Waals surface area contributed by atoms with E-state index in [0.29, 0.717) is 6.61 Å². The lowest BCUT2D eigenvalue weighted by Crippen LogP contribution is -2.13. The van der Waals surface area contributed by atoms with Crippen molar-refractivity contribution in [3.05, 3.63) is 53.3 Å². The van der Waals surface area contributed by atoms with Crippen LogP contribution in [0.4, 0.5) is 5.69 Å². The number of hydrogen-bond acceptors (Lipinski definition) is 3. The quantitative estimate of drug-likeness (QED) is 0.912. The molecule has 0 saturated carbocycles. The molecule has 19 heavy (non-hydrogen) atoms. The van der Waals surface area contributed by atoms with Crippen LogP contribution < -0.4 is 10.1 Å². The average Bonchev–Trinajstić information content (AvgIpc) is 2.45. The number of para-hydroxylation sites is 1. The summed E-state index contributed by atoms with van der Waals surface area (Å²) in [5.41, 5.74) is 4.78. The summed E-state index contributed by atoms with van der Waals surface area (Å²) in [6.07, 6.45) is 6.04. The third-order valence-electron chi connectivity index (χ3n) is 3.36. The van der Waals surface area contributed by atoms with Crippen LogP contribution in [0.2, 0.25) is 0 Å². The number of nitrogens with zero attached hydrogens (tertiary/aromatic N) is 1. The van der Waals surface area contributed by atoms with Crippen LogP contribution in [-0.4, -0.2) is 11.5 Å². The molecule has 0 fully saturated rings. The monoisotopic (exact) mass is 254 g/mol. The summed E-state index contributed by atoms with van der Waals surface area (Å²) in [5, 5.41) is 3.44. The first-order chi connectivity index (χ1) is 9.33. The van der Waals surface area contributed by atoms with Gasteiger partial charge in [0, 0.05) is 24.5 Å². The molecule has 98 valence electrons. The van der Waals surface area contributed by atoms with Crippen molar-refractivity contribution in [1.82, 2.24) is 4.98 Å². The molecule has 1 aromatic heterocycles. The van der Waals surface area contributed by atoms with Crippen molar-refractivity contribution in [2.45, 2.75) is 26.4 Å². The molecule has 0 amide bonds. The summed E-state index contributed by atoms with van der Waals surface area (Å²) in [5.74, 6) is 0.943. The highest BCUT2D eigenvalue weighted by atomic mass is 16.5. The molecule has 0 aliphatic carbocycles. The number of hydrogen-bond donors (Lipinski definition) is 1. The first-order valence-corrected chi connectivity index (χ1v) is 6.72. The van der Waals surface area contributed by atoms with E-state index in [9.17, 15) is 0 Å². The SMILES string of the molecule is Cc1cncc(COc2cccc3c2NCCC3)c1. The molecule has 0 bridgehead atoms. The smallest absolute Gasteiger partial charge is 0.143 e.